The van der Waals surface area contributed by atoms with Crippen molar-refractivity contribution in [3.63, 3.8) is 0 Å². The summed E-state index contributed by atoms with van der Waals surface area (Å²) < 4.78 is 0. The van der Waals surface area contributed by atoms with Gasteiger partial charge in [-0.15, -0.1) is 0 Å². The molecule has 3 aromatic rings. The number of nitrogens with two attached hydrogens (primary N) is 1. The van der Waals surface area contributed by atoms with Gasteiger partial charge in [-0.1, -0.05) is 30.3 Å². The number of aromatic nitrogens is 1. The number of nitrogens with zero attached hydrogens (tertiary/aromatic N) is 1. The van der Waals surface area contributed by atoms with Gasteiger partial charge in [-0.2, -0.15) is 0 Å². The molecule has 21 heavy (non-hydrogen) atoms. The third kappa shape index (κ3) is 3.03. The van der Waals surface area contributed by atoms with E-state index < -0.39 is 0 Å². The molecule has 0 aliphatic heterocycles. The molecule has 0 radical (unpaired) electrons. The highest BCUT2D eigenvalue weighted by Gasteiger charge is 2.03. The van der Waals surface area contributed by atoms with Crippen molar-refractivity contribution >= 4 is 22.4 Å². The highest BCUT2D eigenvalue weighted by Crippen LogP contribution is 2.23. The number of hydrogen-bond acceptors (Lipinski definition) is 3. The Kier molecular flexibility index (Phi) is 3.84. The van der Waals surface area contributed by atoms with E-state index in [-0.39, 0.29) is 0 Å². The van der Waals surface area contributed by atoms with Gasteiger partial charge < -0.3 is 11.1 Å². The summed E-state index contributed by atoms with van der Waals surface area (Å²) in [6.07, 6.45) is 0.910. The minimum absolute atomic E-state index is 0.679. The number of nitrogens with one attached hydrogen (secondary N) is 1. The van der Waals surface area contributed by atoms with Gasteiger partial charge in [0.1, 0.15) is 5.82 Å². The molecule has 1 aromatic heterocycles. The molecule has 0 fully saturated rings. The molecule has 3 N–H and O–H groups in total. The van der Waals surface area contributed by atoms with Crippen molar-refractivity contribution in [1.82, 2.24) is 4.98 Å². The number of aryl methyl sites for hydroxylation is 1. The number of pyridine rings is 1. The molecule has 0 saturated heterocycles. The lowest BCUT2D eigenvalue weighted by Crippen LogP contribution is -2.02. The first-order valence-corrected chi connectivity index (χ1v) is 7.19. The Bertz CT molecular complexity index is 748. The van der Waals surface area contributed by atoms with Crippen LogP contribution in [0.25, 0.3) is 10.9 Å². The normalized spacial score (nSPS) is 10.8. The first kappa shape index (κ1) is 13.6. The molecule has 1 heterocycles. The molecule has 0 saturated carbocycles. The van der Waals surface area contributed by atoms with E-state index in [4.69, 9.17) is 10.7 Å². The van der Waals surface area contributed by atoms with Crippen LogP contribution in [0.2, 0.25) is 0 Å². The predicted molar refractivity (Wildman–Crippen MR) is 89.0 cm³/mol. The zero-order chi connectivity index (χ0) is 14.7. The van der Waals surface area contributed by atoms with Crippen molar-refractivity contribution in [2.24, 2.45) is 5.73 Å². The highest BCUT2D eigenvalue weighted by molar-refractivity contribution is 5.82. The second-order valence-corrected chi connectivity index (χ2v) is 5.21. The third-order valence-electron chi connectivity index (χ3n) is 3.56. The zero-order valence-electron chi connectivity index (χ0n) is 12.1. The fourth-order valence-corrected chi connectivity index (χ4v) is 2.41. The Morgan fingerprint density at radius 2 is 1.81 bits per heavy atom. The maximum atomic E-state index is 5.57. The largest absolute Gasteiger partial charge is 0.340 e. The van der Waals surface area contributed by atoms with E-state index in [0.717, 1.165) is 29.0 Å². The molecule has 0 amide bonds. The van der Waals surface area contributed by atoms with Crippen molar-refractivity contribution in [3.8, 4) is 0 Å². The summed E-state index contributed by atoms with van der Waals surface area (Å²) in [6.45, 7) is 2.75. The molecule has 0 bridgehead atoms. The van der Waals surface area contributed by atoms with Crippen LogP contribution in [-0.4, -0.2) is 11.5 Å². The first-order valence-electron chi connectivity index (χ1n) is 7.19. The number of anilines is 2. The van der Waals surface area contributed by atoms with Gasteiger partial charge in [0.05, 0.1) is 5.52 Å². The van der Waals surface area contributed by atoms with Gasteiger partial charge >= 0.3 is 0 Å². The molecule has 0 aliphatic rings. The average molecular weight is 277 g/mol. The standard InChI is InChI=1S/C18H19N3/c1-13-12-15-4-2-3-5-17(15)21-18(13)20-16-8-6-14(7-9-16)10-11-19/h2-9,12H,10-11,19H2,1H3,(H,20,21). The second kappa shape index (κ2) is 5.94. The lowest BCUT2D eigenvalue weighted by atomic mass is 10.1. The Balaban J connectivity index is 1.88. The molecule has 0 spiro atoms. The zero-order valence-corrected chi connectivity index (χ0v) is 12.1. The maximum Gasteiger partial charge on any atom is 0.134 e. The quantitative estimate of drug-likeness (QED) is 0.763. The van der Waals surface area contributed by atoms with E-state index >= 15 is 0 Å². The summed E-state index contributed by atoms with van der Waals surface area (Å²) in [4.78, 5) is 4.70. The van der Waals surface area contributed by atoms with Gasteiger partial charge in [-0.05, 0) is 55.3 Å². The van der Waals surface area contributed by atoms with Crippen LogP contribution in [0.3, 0.4) is 0 Å². The lowest BCUT2D eigenvalue weighted by molar-refractivity contribution is 0.969. The maximum absolute atomic E-state index is 5.57. The van der Waals surface area contributed by atoms with Crippen molar-refractivity contribution < 1.29 is 0 Å². The molecule has 0 aliphatic carbocycles. The van der Waals surface area contributed by atoms with Gasteiger partial charge in [0.25, 0.3) is 0 Å². The number of rotatable bonds is 4. The van der Waals surface area contributed by atoms with Crippen LogP contribution in [0.4, 0.5) is 11.5 Å². The summed E-state index contributed by atoms with van der Waals surface area (Å²) in [7, 11) is 0. The van der Waals surface area contributed by atoms with Crippen LogP contribution >= 0.6 is 0 Å². The second-order valence-electron chi connectivity index (χ2n) is 5.21. The number of benzene rings is 2. The van der Waals surface area contributed by atoms with Gasteiger partial charge in [0, 0.05) is 11.1 Å². The molecule has 0 atom stereocenters. The smallest absolute Gasteiger partial charge is 0.134 e. The summed E-state index contributed by atoms with van der Waals surface area (Å²) in [6, 6.07) is 18.7. The minimum Gasteiger partial charge on any atom is -0.340 e. The fourth-order valence-electron chi connectivity index (χ4n) is 2.41. The van der Waals surface area contributed by atoms with Crippen LogP contribution in [0.5, 0.6) is 0 Å². The van der Waals surface area contributed by atoms with Crippen LogP contribution in [0.1, 0.15) is 11.1 Å². The topological polar surface area (TPSA) is 50.9 Å². The molecular formula is C18H19N3. The fraction of sp³-hybridized carbons (Fsp3) is 0.167. The molecule has 106 valence electrons. The van der Waals surface area contributed by atoms with Gasteiger partial charge in [0.15, 0.2) is 0 Å². The Morgan fingerprint density at radius 1 is 1.05 bits per heavy atom. The molecular weight excluding hydrogens is 258 g/mol. The van der Waals surface area contributed by atoms with Crippen LogP contribution in [-0.2, 0) is 6.42 Å². The minimum atomic E-state index is 0.679. The van der Waals surface area contributed by atoms with Gasteiger partial charge in [-0.25, -0.2) is 4.98 Å². The molecule has 0 unspecified atom stereocenters. The van der Waals surface area contributed by atoms with E-state index in [1.807, 2.05) is 18.2 Å². The van der Waals surface area contributed by atoms with Gasteiger partial charge in [0.2, 0.25) is 0 Å². The Morgan fingerprint density at radius 3 is 2.57 bits per heavy atom. The van der Waals surface area contributed by atoms with E-state index in [0.29, 0.717) is 6.54 Å². The van der Waals surface area contributed by atoms with Crippen LogP contribution in [0.15, 0.2) is 54.6 Å². The summed E-state index contributed by atoms with van der Waals surface area (Å²) >= 11 is 0. The van der Waals surface area contributed by atoms with E-state index in [1.165, 1.54) is 10.9 Å². The lowest BCUT2D eigenvalue weighted by Gasteiger charge is -2.10. The SMILES string of the molecule is Cc1cc2ccccc2nc1Nc1ccc(CCN)cc1. The van der Waals surface area contributed by atoms with Crippen LogP contribution < -0.4 is 11.1 Å². The summed E-state index contributed by atoms with van der Waals surface area (Å²) in [5.41, 5.74) is 10.0. The van der Waals surface area contributed by atoms with E-state index in [9.17, 15) is 0 Å². The summed E-state index contributed by atoms with van der Waals surface area (Å²) in [5.74, 6) is 0.903. The number of para-hydroxylation sites is 1. The average Bonchev–Trinajstić information content (AvgIpc) is 2.50. The summed E-state index contributed by atoms with van der Waals surface area (Å²) in [5, 5.41) is 4.56. The Hall–Kier alpha value is -2.39. The van der Waals surface area contributed by atoms with Crippen molar-refractivity contribution in [2.45, 2.75) is 13.3 Å². The van der Waals surface area contributed by atoms with Crippen LogP contribution in [0, 0.1) is 6.92 Å². The number of hydrogen-bond donors (Lipinski definition) is 2. The van der Waals surface area contributed by atoms with E-state index in [2.05, 4.69) is 48.6 Å². The molecule has 3 rings (SSSR count). The van der Waals surface area contributed by atoms with Crippen molar-refractivity contribution in [2.75, 3.05) is 11.9 Å². The van der Waals surface area contributed by atoms with Gasteiger partial charge in [-0.3, -0.25) is 0 Å². The molecule has 3 heteroatoms. The predicted octanol–water partition coefficient (Wildman–Crippen LogP) is 3.79. The first-order chi connectivity index (χ1) is 10.3. The molecule has 3 nitrogen and oxygen atoms in total. The van der Waals surface area contributed by atoms with Crippen molar-refractivity contribution in [3.05, 3.63) is 65.7 Å². The highest BCUT2D eigenvalue weighted by atomic mass is 15.0. The Labute approximate surface area is 124 Å². The monoisotopic (exact) mass is 277 g/mol. The molecule has 2 aromatic carbocycles. The van der Waals surface area contributed by atoms with E-state index in [1.54, 1.807) is 0 Å². The van der Waals surface area contributed by atoms with Crippen molar-refractivity contribution in [1.29, 1.82) is 0 Å². The number of fused-ring (bicyclic) bond motifs is 1. The third-order valence-corrected chi connectivity index (χ3v) is 3.56.